The third-order valence-corrected chi connectivity index (χ3v) is 3.50. The monoisotopic (exact) mass is 237 g/mol. The molecule has 0 radical (unpaired) electrons. The number of terminal acetylenes is 1. The van der Waals surface area contributed by atoms with Crippen molar-refractivity contribution in [2.45, 2.75) is 66.3 Å². The van der Waals surface area contributed by atoms with Crippen LogP contribution in [0.4, 0.5) is 0 Å². The molecule has 1 heteroatoms. The Hall–Kier alpha value is -0.480. The van der Waals surface area contributed by atoms with Crippen LogP contribution in [-0.2, 0) is 0 Å². The molecule has 0 saturated heterocycles. The third-order valence-electron chi connectivity index (χ3n) is 3.50. The standard InChI is InChI=1S/C16H31N/c1-7-9-10-11-15(17-12-8-2)16(13(3)4)14(5)6/h1,13-17H,8-12H2,2-6H3. The Kier molecular flexibility index (Phi) is 9.27. The molecular weight excluding hydrogens is 206 g/mol. The molecule has 1 nitrogen and oxygen atoms in total. The van der Waals surface area contributed by atoms with Gasteiger partial charge in [0.15, 0.2) is 0 Å². The molecular formula is C16H31N. The van der Waals surface area contributed by atoms with Gasteiger partial charge in [0.1, 0.15) is 0 Å². The van der Waals surface area contributed by atoms with Crippen molar-refractivity contribution in [3.63, 3.8) is 0 Å². The van der Waals surface area contributed by atoms with Gasteiger partial charge in [0.2, 0.25) is 0 Å². The predicted octanol–water partition coefficient (Wildman–Crippen LogP) is 4.09. The second kappa shape index (κ2) is 9.54. The molecule has 17 heavy (non-hydrogen) atoms. The molecule has 0 amide bonds. The normalized spacial score (nSPS) is 13.4. The highest BCUT2D eigenvalue weighted by molar-refractivity contribution is 4.86. The molecule has 0 spiro atoms. The maximum Gasteiger partial charge on any atom is 0.0100 e. The molecule has 0 aromatic heterocycles. The molecule has 0 aliphatic carbocycles. The van der Waals surface area contributed by atoms with Gasteiger partial charge in [-0.05, 0) is 43.6 Å². The van der Waals surface area contributed by atoms with Gasteiger partial charge >= 0.3 is 0 Å². The van der Waals surface area contributed by atoms with Gasteiger partial charge in [-0.1, -0.05) is 34.6 Å². The highest BCUT2D eigenvalue weighted by Gasteiger charge is 2.26. The fourth-order valence-electron chi connectivity index (χ4n) is 2.88. The van der Waals surface area contributed by atoms with Gasteiger partial charge in [-0.25, -0.2) is 0 Å². The zero-order chi connectivity index (χ0) is 13.3. The van der Waals surface area contributed by atoms with Crippen molar-refractivity contribution in [2.75, 3.05) is 6.54 Å². The van der Waals surface area contributed by atoms with E-state index in [1.165, 1.54) is 12.8 Å². The van der Waals surface area contributed by atoms with Crippen molar-refractivity contribution in [3.8, 4) is 12.3 Å². The summed E-state index contributed by atoms with van der Waals surface area (Å²) in [4.78, 5) is 0. The summed E-state index contributed by atoms with van der Waals surface area (Å²) in [5.41, 5.74) is 0. The van der Waals surface area contributed by atoms with E-state index in [1.54, 1.807) is 0 Å². The van der Waals surface area contributed by atoms with Crippen LogP contribution in [0.25, 0.3) is 0 Å². The van der Waals surface area contributed by atoms with Crippen molar-refractivity contribution in [1.29, 1.82) is 0 Å². The van der Waals surface area contributed by atoms with E-state index in [9.17, 15) is 0 Å². The van der Waals surface area contributed by atoms with Gasteiger partial charge in [-0.3, -0.25) is 0 Å². The molecule has 0 rings (SSSR count). The van der Waals surface area contributed by atoms with Crippen LogP contribution in [0, 0.1) is 30.1 Å². The highest BCUT2D eigenvalue weighted by atomic mass is 14.9. The van der Waals surface area contributed by atoms with E-state index in [2.05, 4.69) is 45.9 Å². The fourth-order valence-corrected chi connectivity index (χ4v) is 2.88. The smallest absolute Gasteiger partial charge is 0.0100 e. The van der Waals surface area contributed by atoms with E-state index in [0.717, 1.165) is 37.1 Å². The van der Waals surface area contributed by atoms with Crippen molar-refractivity contribution in [2.24, 2.45) is 17.8 Å². The number of unbranched alkanes of at least 4 members (excludes halogenated alkanes) is 1. The Balaban J connectivity index is 4.44. The van der Waals surface area contributed by atoms with Crippen molar-refractivity contribution < 1.29 is 0 Å². The van der Waals surface area contributed by atoms with E-state index < -0.39 is 0 Å². The van der Waals surface area contributed by atoms with Crippen LogP contribution in [0.5, 0.6) is 0 Å². The zero-order valence-electron chi connectivity index (χ0n) is 12.4. The molecule has 0 aromatic rings. The lowest BCUT2D eigenvalue weighted by Crippen LogP contribution is -2.41. The molecule has 0 bridgehead atoms. The Morgan fingerprint density at radius 3 is 2.12 bits per heavy atom. The van der Waals surface area contributed by atoms with Crippen LogP contribution >= 0.6 is 0 Å². The van der Waals surface area contributed by atoms with Crippen LogP contribution in [0.1, 0.15) is 60.3 Å². The van der Waals surface area contributed by atoms with Gasteiger partial charge in [0.05, 0.1) is 0 Å². The third kappa shape index (κ3) is 6.74. The minimum absolute atomic E-state index is 0.628. The Morgan fingerprint density at radius 2 is 1.71 bits per heavy atom. The summed E-state index contributed by atoms with van der Waals surface area (Å²) in [5.74, 6) is 4.96. The topological polar surface area (TPSA) is 12.0 Å². The predicted molar refractivity (Wildman–Crippen MR) is 77.9 cm³/mol. The van der Waals surface area contributed by atoms with Crippen LogP contribution in [0.3, 0.4) is 0 Å². The Labute approximate surface area is 109 Å². The Bertz CT molecular complexity index is 204. The number of hydrogen-bond acceptors (Lipinski definition) is 1. The molecule has 0 aromatic carbocycles. The van der Waals surface area contributed by atoms with Crippen molar-refractivity contribution in [3.05, 3.63) is 0 Å². The maximum atomic E-state index is 5.34. The molecule has 100 valence electrons. The molecule has 1 atom stereocenters. The largest absolute Gasteiger partial charge is 0.314 e. The summed E-state index contributed by atoms with van der Waals surface area (Å²) in [6.07, 6.45) is 9.81. The van der Waals surface area contributed by atoms with Crippen molar-refractivity contribution in [1.82, 2.24) is 5.32 Å². The number of nitrogens with one attached hydrogen (secondary N) is 1. The molecule has 0 aliphatic heterocycles. The van der Waals surface area contributed by atoms with Crippen LogP contribution in [-0.4, -0.2) is 12.6 Å². The van der Waals surface area contributed by atoms with Gasteiger partial charge in [0, 0.05) is 12.5 Å². The molecule has 1 unspecified atom stereocenters. The second-order valence-electron chi connectivity index (χ2n) is 5.72. The lowest BCUT2D eigenvalue weighted by Gasteiger charge is -2.34. The van der Waals surface area contributed by atoms with Gasteiger partial charge in [0.25, 0.3) is 0 Å². The summed E-state index contributed by atoms with van der Waals surface area (Å²) in [5, 5.41) is 3.72. The first kappa shape index (κ1) is 16.5. The van der Waals surface area contributed by atoms with Crippen LogP contribution in [0.2, 0.25) is 0 Å². The van der Waals surface area contributed by atoms with Crippen LogP contribution < -0.4 is 5.32 Å². The first-order valence-corrected chi connectivity index (χ1v) is 7.21. The zero-order valence-corrected chi connectivity index (χ0v) is 12.4. The van der Waals surface area contributed by atoms with Crippen LogP contribution in [0.15, 0.2) is 0 Å². The molecule has 0 fully saturated rings. The van der Waals surface area contributed by atoms with Crippen molar-refractivity contribution >= 4 is 0 Å². The summed E-state index contributed by atoms with van der Waals surface area (Å²) in [6.45, 7) is 12.7. The Morgan fingerprint density at radius 1 is 1.12 bits per heavy atom. The second-order valence-corrected chi connectivity index (χ2v) is 5.72. The molecule has 0 saturated carbocycles. The van der Waals surface area contributed by atoms with Gasteiger partial charge in [-0.2, -0.15) is 0 Å². The van der Waals surface area contributed by atoms with E-state index in [0.29, 0.717) is 6.04 Å². The quantitative estimate of drug-likeness (QED) is 0.470. The molecule has 1 N–H and O–H groups in total. The summed E-state index contributed by atoms with van der Waals surface area (Å²) in [6, 6.07) is 0.628. The molecule has 0 heterocycles. The average Bonchev–Trinajstić information content (AvgIpc) is 2.24. The average molecular weight is 237 g/mol. The first-order chi connectivity index (χ1) is 8.04. The van der Waals surface area contributed by atoms with Gasteiger partial charge < -0.3 is 5.32 Å². The minimum atomic E-state index is 0.628. The SMILES string of the molecule is C#CCCCC(NCCC)C(C(C)C)C(C)C. The van der Waals surface area contributed by atoms with E-state index in [4.69, 9.17) is 6.42 Å². The summed E-state index contributed by atoms with van der Waals surface area (Å²) in [7, 11) is 0. The first-order valence-electron chi connectivity index (χ1n) is 7.21. The number of hydrogen-bond donors (Lipinski definition) is 1. The van der Waals surface area contributed by atoms with E-state index >= 15 is 0 Å². The lowest BCUT2D eigenvalue weighted by molar-refractivity contribution is 0.198. The summed E-state index contributed by atoms with van der Waals surface area (Å²) < 4.78 is 0. The molecule has 0 aliphatic rings. The lowest BCUT2D eigenvalue weighted by atomic mass is 9.78. The maximum absolute atomic E-state index is 5.34. The minimum Gasteiger partial charge on any atom is -0.314 e. The van der Waals surface area contributed by atoms with E-state index in [-0.39, 0.29) is 0 Å². The summed E-state index contributed by atoms with van der Waals surface area (Å²) >= 11 is 0. The van der Waals surface area contributed by atoms with Gasteiger partial charge in [-0.15, -0.1) is 12.3 Å². The fraction of sp³-hybridized carbons (Fsp3) is 0.875. The highest BCUT2D eigenvalue weighted by Crippen LogP contribution is 2.27. The van der Waals surface area contributed by atoms with E-state index in [1.807, 2.05) is 0 Å². The number of rotatable bonds is 9.